The Balaban J connectivity index is 1.52. The number of fused-ring (bicyclic) bond motifs is 1. The zero-order valence-electron chi connectivity index (χ0n) is 17.8. The van der Waals surface area contributed by atoms with Crippen LogP contribution in [0.4, 0.5) is 5.82 Å². The second kappa shape index (κ2) is 12.5. The molecule has 1 aromatic carbocycles. The Bertz CT molecular complexity index is 967. The van der Waals surface area contributed by atoms with Crippen molar-refractivity contribution in [3.05, 3.63) is 42.1 Å². The van der Waals surface area contributed by atoms with Crippen LogP contribution < -0.4 is 10.6 Å². The summed E-state index contributed by atoms with van der Waals surface area (Å²) in [4.78, 5) is 21.3. The van der Waals surface area contributed by atoms with E-state index in [0.717, 1.165) is 22.6 Å². The van der Waals surface area contributed by atoms with Gasteiger partial charge in [-0.3, -0.25) is 4.79 Å². The van der Waals surface area contributed by atoms with Crippen molar-refractivity contribution in [2.75, 3.05) is 43.6 Å². The average Bonchev–Trinajstić information content (AvgIpc) is 3.20. The smallest absolute Gasteiger partial charge is 0.230 e. The number of ether oxygens (including phenoxy) is 1. The highest BCUT2D eigenvalue weighted by molar-refractivity contribution is 7.99. The number of anilines is 1. The van der Waals surface area contributed by atoms with E-state index in [2.05, 4.69) is 37.8 Å². The molecule has 31 heavy (non-hydrogen) atoms. The maximum Gasteiger partial charge on any atom is 0.230 e. The molecule has 1 amide bonds. The maximum atomic E-state index is 12.1. The predicted octanol–water partition coefficient (Wildman–Crippen LogP) is 3.05. The number of hydrogen-bond donors (Lipinski definition) is 2. The van der Waals surface area contributed by atoms with Crippen LogP contribution in [-0.2, 0) is 21.8 Å². The first-order valence-electron chi connectivity index (χ1n) is 10.2. The van der Waals surface area contributed by atoms with Crippen LogP contribution in [0.25, 0.3) is 11.0 Å². The minimum atomic E-state index is 0.0232. The monoisotopic (exact) mass is 460 g/mol. The van der Waals surface area contributed by atoms with Gasteiger partial charge in [-0.25, -0.2) is 14.6 Å². The molecular formula is C21H28N6O2S2. The van der Waals surface area contributed by atoms with Crippen molar-refractivity contribution >= 4 is 46.3 Å². The fraction of sp³-hybridized carbons (Fsp3) is 0.429. The van der Waals surface area contributed by atoms with Crippen LogP contribution in [0.1, 0.15) is 12.5 Å². The van der Waals surface area contributed by atoms with Crippen LogP contribution in [0, 0.1) is 0 Å². The lowest BCUT2D eigenvalue weighted by Gasteiger charge is -2.09. The third kappa shape index (κ3) is 7.12. The Kier molecular flexibility index (Phi) is 9.44. The lowest BCUT2D eigenvalue weighted by molar-refractivity contribution is -0.118. The summed E-state index contributed by atoms with van der Waals surface area (Å²) >= 11 is 3.09. The molecular weight excluding hydrogens is 432 g/mol. The van der Waals surface area contributed by atoms with Crippen molar-refractivity contribution in [1.29, 1.82) is 0 Å². The molecule has 0 aliphatic heterocycles. The standard InChI is InChI=1S/C21H28N6O2S2/c1-3-29-12-10-23-19-17-13-24-27(20(17)26-21(25-19)30-2)11-9-22-18(28)15-31-14-16-7-5-4-6-8-16/h4-8,13H,3,9-12,14-15H2,1-2H3,(H,22,28)(H,23,25,26). The van der Waals surface area contributed by atoms with E-state index in [1.54, 1.807) is 18.0 Å². The molecule has 0 fully saturated rings. The van der Waals surface area contributed by atoms with Gasteiger partial charge in [-0.1, -0.05) is 42.1 Å². The van der Waals surface area contributed by atoms with Gasteiger partial charge in [0.2, 0.25) is 5.91 Å². The van der Waals surface area contributed by atoms with Gasteiger partial charge in [-0.2, -0.15) is 5.10 Å². The average molecular weight is 461 g/mol. The van der Waals surface area contributed by atoms with E-state index in [1.807, 2.05) is 36.1 Å². The molecule has 0 saturated heterocycles. The molecule has 8 nitrogen and oxygen atoms in total. The highest BCUT2D eigenvalue weighted by Crippen LogP contribution is 2.23. The highest BCUT2D eigenvalue weighted by Gasteiger charge is 2.13. The Hall–Kier alpha value is -2.30. The van der Waals surface area contributed by atoms with Gasteiger partial charge in [0.15, 0.2) is 10.8 Å². The molecule has 3 rings (SSSR count). The van der Waals surface area contributed by atoms with Crippen molar-refractivity contribution in [2.45, 2.75) is 24.4 Å². The summed E-state index contributed by atoms with van der Waals surface area (Å²) in [6, 6.07) is 10.1. The number of hydrogen-bond acceptors (Lipinski definition) is 8. The first kappa shape index (κ1) is 23.4. The Morgan fingerprint density at radius 2 is 2.03 bits per heavy atom. The van der Waals surface area contributed by atoms with E-state index < -0.39 is 0 Å². The van der Waals surface area contributed by atoms with Gasteiger partial charge < -0.3 is 15.4 Å². The second-order valence-corrected chi connectivity index (χ2v) is 8.37. The zero-order chi connectivity index (χ0) is 21.9. The fourth-order valence-corrected chi connectivity index (χ4v) is 4.08. The Labute approximate surface area is 190 Å². The number of aromatic nitrogens is 4. The summed E-state index contributed by atoms with van der Waals surface area (Å²) in [5.74, 6) is 2.03. The number of rotatable bonds is 13. The maximum absolute atomic E-state index is 12.1. The number of benzene rings is 1. The summed E-state index contributed by atoms with van der Waals surface area (Å²) in [5, 5.41) is 12.3. The van der Waals surface area contributed by atoms with E-state index in [-0.39, 0.29) is 5.91 Å². The van der Waals surface area contributed by atoms with E-state index in [9.17, 15) is 4.79 Å². The highest BCUT2D eigenvalue weighted by atomic mass is 32.2. The molecule has 0 saturated carbocycles. The first-order valence-corrected chi connectivity index (χ1v) is 12.6. The molecule has 0 atom stereocenters. The molecule has 3 aromatic rings. The molecule has 0 radical (unpaired) electrons. The number of nitrogens with one attached hydrogen (secondary N) is 2. The Morgan fingerprint density at radius 1 is 1.19 bits per heavy atom. The molecule has 0 spiro atoms. The van der Waals surface area contributed by atoms with E-state index in [4.69, 9.17) is 4.74 Å². The SMILES string of the molecule is CCOCCNc1nc(SC)nc2c1cnn2CCNC(=O)CSCc1ccccc1. The molecule has 2 aromatic heterocycles. The van der Waals surface area contributed by atoms with E-state index >= 15 is 0 Å². The molecule has 166 valence electrons. The van der Waals surface area contributed by atoms with Gasteiger partial charge in [-0.05, 0) is 18.7 Å². The molecule has 0 unspecified atom stereocenters. The fourth-order valence-electron chi connectivity index (χ4n) is 2.90. The summed E-state index contributed by atoms with van der Waals surface area (Å²) in [5.41, 5.74) is 1.98. The van der Waals surface area contributed by atoms with Gasteiger partial charge in [0.05, 0.1) is 30.5 Å². The number of carbonyl (C=O) groups is 1. The van der Waals surface area contributed by atoms with Gasteiger partial charge >= 0.3 is 0 Å². The summed E-state index contributed by atoms with van der Waals surface area (Å²) < 4.78 is 7.19. The van der Waals surface area contributed by atoms with Crippen LogP contribution in [-0.4, -0.2) is 64.0 Å². The van der Waals surface area contributed by atoms with Gasteiger partial charge in [-0.15, -0.1) is 11.8 Å². The van der Waals surface area contributed by atoms with Crippen molar-refractivity contribution in [2.24, 2.45) is 0 Å². The lowest BCUT2D eigenvalue weighted by atomic mass is 10.2. The van der Waals surface area contributed by atoms with Crippen LogP contribution in [0.5, 0.6) is 0 Å². The van der Waals surface area contributed by atoms with Crippen molar-refractivity contribution in [3.63, 3.8) is 0 Å². The molecule has 2 N–H and O–H groups in total. The molecule has 0 aliphatic carbocycles. The van der Waals surface area contributed by atoms with Gasteiger partial charge in [0.25, 0.3) is 0 Å². The number of thioether (sulfide) groups is 2. The molecule has 0 aliphatic rings. The van der Waals surface area contributed by atoms with E-state index in [1.165, 1.54) is 17.3 Å². The topological polar surface area (TPSA) is 94.0 Å². The van der Waals surface area contributed by atoms with E-state index in [0.29, 0.717) is 43.8 Å². The second-order valence-electron chi connectivity index (χ2n) is 6.62. The van der Waals surface area contributed by atoms with Crippen molar-refractivity contribution in [3.8, 4) is 0 Å². The summed E-state index contributed by atoms with van der Waals surface area (Å²) in [6.07, 6.45) is 3.71. The third-order valence-corrected chi connectivity index (χ3v) is 5.94. The molecule has 0 bridgehead atoms. The number of carbonyl (C=O) groups excluding carboxylic acids is 1. The molecule has 2 heterocycles. The van der Waals surface area contributed by atoms with Crippen molar-refractivity contribution < 1.29 is 9.53 Å². The summed E-state index contributed by atoms with van der Waals surface area (Å²) in [6.45, 7) is 4.97. The van der Waals surface area contributed by atoms with Crippen LogP contribution in [0.3, 0.4) is 0 Å². The van der Waals surface area contributed by atoms with Crippen LogP contribution in [0.15, 0.2) is 41.7 Å². The largest absolute Gasteiger partial charge is 0.380 e. The predicted molar refractivity (Wildman–Crippen MR) is 128 cm³/mol. The quantitative estimate of drug-likeness (QED) is 0.228. The van der Waals surface area contributed by atoms with Gasteiger partial charge in [0.1, 0.15) is 5.82 Å². The minimum absolute atomic E-state index is 0.0232. The van der Waals surface area contributed by atoms with Crippen LogP contribution in [0.2, 0.25) is 0 Å². The molecule has 10 heteroatoms. The number of nitrogens with zero attached hydrogens (tertiary/aromatic N) is 4. The number of amides is 1. The van der Waals surface area contributed by atoms with Gasteiger partial charge in [0, 0.05) is 25.4 Å². The summed E-state index contributed by atoms with van der Waals surface area (Å²) in [7, 11) is 0. The Morgan fingerprint density at radius 3 is 2.81 bits per heavy atom. The normalized spacial score (nSPS) is 11.0. The first-order chi connectivity index (χ1) is 15.2. The van der Waals surface area contributed by atoms with Crippen molar-refractivity contribution in [1.82, 2.24) is 25.1 Å². The third-order valence-electron chi connectivity index (χ3n) is 4.39. The minimum Gasteiger partial charge on any atom is -0.380 e. The van der Waals surface area contributed by atoms with Crippen LogP contribution >= 0.6 is 23.5 Å². The zero-order valence-corrected chi connectivity index (χ0v) is 19.5. The lowest BCUT2D eigenvalue weighted by Crippen LogP contribution is -2.29.